The summed E-state index contributed by atoms with van der Waals surface area (Å²) in [6.45, 7) is 11.8. The van der Waals surface area contributed by atoms with Gasteiger partial charge in [-0.15, -0.1) is 6.58 Å². The van der Waals surface area contributed by atoms with Crippen molar-refractivity contribution in [1.82, 2.24) is 19.7 Å². The zero-order chi connectivity index (χ0) is 17.9. The molecule has 2 aliphatic heterocycles. The van der Waals surface area contributed by atoms with E-state index in [-0.39, 0.29) is 5.91 Å². The third-order valence-electron chi connectivity index (χ3n) is 4.97. The molecule has 1 aromatic heterocycles. The first kappa shape index (κ1) is 18.1. The van der Waals surface area contributed by atoms with Crippen LogP contribution in [0.2, 0.25) is 0 Å². The van der Waals surface area contributed by atoms with Gasteiger partial charge in [-0.3, -0.25) is 14.6 Å². The monoisotopic (exact) mass is 348 g/mol. The van der Waals surface area contributed by atoms with Crippen LogP contribution in [0.1, 0.15) is 36.1 Å². The van der Waals surface area contributed by atoms with Crippen LogP contribution < -0.4 is 0 Å². The fourth-order valence-electron chi connectivity index (χ4n) is 3.38. The van der Waals surface area contributed by atoms with E-state index in [9.17, 15) is 9.90 Å². The summed E-state index contributed by atoms with van der Waals surface area (Å²) in [5, 5.41) is 10.1. The van der Waals surface area contributed by atoms with Crippen molar-refractivity contribution < 1.29 is 14.3 Å². The SMILES string of the molecule is C=CC(C)(O)CN1CCN(Cc2nc(C(=O)N3CCCC3)co2)CC1. The van der Waals surface area contributed by atoms with Crippen molar-refractivity contribution >= 4 is 5.91 Å². The molecule has 1 aromatic rings. The van der Waals surface area contributed by atoms with Crippen molar-refractivity contribution in [2.75, 3.05) is 45.8 Å². The first-order valence-corrected chi connectivity index (χ1v) is 9.01. The molecule has 0 saturated carbocycles. The fourth-order valence-corrected chi connectivity index (χ4v) is 3.38. The third kappa shape index (κ3) is 4.68. The van der Waals surface area contributed by atoms with E-state index >= 15 is 0 Å². The standard InChI is InChI=1S/C18H28N4O3/c1-3-18(2,24)14-21-10-8-20(9-11-21)12-16-19-15(13-25-16)17(23)22-6-4-5-7-22/h3,13,24H,1,4-12,14H2,2H3. The summed E-state index contributed by atoms with van der Waals surface area (Å²) in [6, 6.07) is 0. The number of aliphatic hydroxyl groups is 1. The Morgan fingerprint density at radius 3 is 2.56 bits per heavy atom. The number of piperazine rings is 1. The van der Waals surface area contributed by atoms with E-state index in [0.717, 1.165) is 52.1 Å². The normalized spacial score (nSPS) is 22.1. The first-order valence-electron chi connectivity index (χ1n) is 9.01. The van der Waals surface area contributed by atoms with Crippen LogP contribution in [0.4, 0.5) is 0 Å². The van der Waals surface area contributed by atoms with Crippen molar-refractivity contribution in [3.05, 3.63) is 30.5 Å². The van der Waals surface area contributed by atoms with Crippen molar-refractivity contribution in [3.8, 4) is 0 Å². The van der Waals surface area contributed by atoms with Gasteiger partial charge in [0.1, 0.15) is 6.26 Å². The van der Waals surface area contributed by atoms with E-state index < -0.39 is 5.60 Å². The molecule has 0 aromatic carbocycles. The average molecular weight is 348 g/mol. The minimum atomic E-state index is -0.852. The van der Waals surface area contributed by atoms with Crippen LogP contribution in [0.3, 0.4) is 0 Å². The summed E-state index contributed by atoms with van der Waals surface area (Å²) < 4.78 is 5.51. The third-order valence-corrected chi connectivity index (χ3v) is 4.97. The Morgan fingerprint density at radius 2 is 1.92 bits per heavy atom. The number of oxazole rings is 1. The largest absolute Gasteiger partial charge is 0.447 e. The summed E-state index contributed by atoms with van der Waals surface area (Å²) >= 11 is 0. The number of β-amino-alcohol motifs (C(OH)–C–C–N with tert-alkyl or cyclic N) is 1. The van der Waals surface area contributed by atoms with E-state index in [4.69, 9.17) is 4.42 Å². The van der Waals surface area contributed by atoms with Gasteiger partial charge in [-0.1, -0.05) is 6.08 Å². The number of hydrogen-bond donors (Lipinski definition) is 1. The molecule has 25 heavy (non-hydrogen) atoms. The molecule has 138 valence electrons. The lowest BCUT2D eigenvalue weighted by molar-refractivity contribution is 0.0348. The second kappa shape index (κ2) is 7.68. The average Bonchev–Trinajstić information content (AvgIpc) is 3.28. The van der Waals surface area contributed by atoms with Gasteiger partial charge in [-0.05, 0) is 19.8 Å². The molecular formula is C18H28N4O3. The number of nitrogens with zero attached hydrogens (tertiary/aromatic N) is 4. The quantitative estimate of drug-likeness (QED) is 0.772. The molecule has 0 radical (unpaired) electrons. The molecule has 1 N–H and O–H groups in total. The predicted octanol–water partition coefficient (Wildman–Crippen LogP) is 0.965. The van der Waals surface area contributed by atoms with Gasteiger partial charge in [0.05, 0.1) is 12.1 Å². The summed E-state index contributed by atoms with van der Waals surface area (Å²) in [4.78, 5) is 23.0. The Balaban J connectivity index is 1.48. The molecule has 0 spiro atoms. The van der Waals surface area contributed by atoms with Crippen LogP contribution in [0.25, 0.3) is 0 Å². The highest BCUT2D eigenvalue weighted by atomic mass is 16.3. The molecule has 3 rings (SSSR count). The Kier molecular flexibility index (Phi) is 5.56. The molecule has 0 bridgehead atoms. The number of rotatable bonds is 6. The van der Waals surface area contributed by atoms with Gasteiger partial charge in [0.2, 0.25) is 5.89 Å². The van der Waals surface area contributed by atoms with Crippen LogP contribution in [-0.2, 0) is 6.54 Å². The Labute approximate surface area is 148 Å². The smallest absolute Gasteiger partial charge is 0.275 e. The van der Waals surface area contributed by atoms with E-state index in [0.29, 0.717) is 24.7 Å². The molecule has 7 heteroatoms. The van der Waals surface area contributed by atoms with Crippen LogP contribution >= 0.6 is 0 Å². The highest BCUT2D eigenvalue weighted by Gasteiger charge is 2.26. The number of carbonyl (C=O) groups is 1. The van der Waals surface area contributed by atoms with E-state index in [1.807, 2.05) is 4.90 Å². The lowest BCUT2D eigenvalue weighted by Gasteiger charge is -2.36. The van der Waals surface area contributed by atoms with E-state index in [2.05, 4.69) is 21.4 Å². The second-order valence-electron chi connectivity index (χ2n) is 7.24. The molecule has 2 aliphatic rings. The Bertz CT molecular complexity index is 599. The van der Waals surface area contributed by atoms with Gasteiger partial charge < -0.3 is 14.4 Å². The maximum atomic E-state index is 12.3. The molecule has 0 aliphatic carbocycles. The van der Waals surface area contributed by atoms with Gasteiger partial charge in [0.15, 0.2) is 5.69 Å². The maximum absolute atomic E-state index is 12.3. The maximum Gasteiger partial charge on any atom is 0.275 e. The summed E-state index contributed by atoms with van der Waals surface area (Å²) in [6.07, 6.45) is 5.21. The zero-order valence-corrected chi connectivity index (χ0v) is 15.0. The molecule has 1 atom stereocenters. The zero-order valence-electron chi connectivity index (χ0n) is 15.0. The topological polar surface area (TPSA) is 73.1 Å². The van der Waals surface area contributed by atoms with Gasteiger partial charge in [-0.25, -0.2) is 4.98 Å². The van der Waals surface area contributed by atoms with Gasteiger partial charge in [0, 0.05) is 45.8 Å². The highest BCUT2D eigenvalue weighted by molar-refractivity contribution is 5.92. The van der Waals surface area contributed by atoms with Crippen LogP contribution in [-0.4, -0.2) is 82.1 Å². The van der Waals surface area contributed by atoms with Gasteiger partial charge >= 0.3 is 0 Å². The number of hydrogen-bond acceptors (Lipinski definition) is 6. The molecule has 1 unspecified atom stereocenters. The van der Waals surface area contributed by atoms with E-state index in [1.165, 1.54) is 6.26 Å². The summed E-state index contributed by atoms with van der Waals surface area (Å²) in [7, 11) is 0. The van der Waals surface area contributed by atoms with Crippen LogP contribution in [0, 0.1) is 0 Å². The molecule has 3 heterocycles. The predicted molar refractivity (Wildman–Crippen MR) is 94.2 cm³/mol. The molecule has 1 amide bonds. The van der Waals surface area contributed by atoms with Crippen LogP contribution in [0.15, 0.2) is 23.3 Å². The number of likely N-dealkylation sites (tertiary alicyclic amines) is 1. The lowest BCUT2D eigenvalue weighted by Crippen LogP contribution is -2.50. The molecule has 2 fully saturated rings. The highest BCUT2D eigenvalue weighted by Crippen LogP contribution is 2.15. The van der Waals surface area contributed by atoms with Gasteiger partial charge in [0.25, 0.3) is 5.91 Å². The minimum absolute atomic E-state index is 0.0241. The minimum Gasteiger partial charge on any atom is -0.447 e. The van der Waals surface area contributed by atoms with Crippen molar-refractivity contribution in [3.63, 3.8) is 0 Å². The lowest BCUT2D eigenvalue weighted by atomic mass is 10.1. The fraction of sp³-hybridized carbons (Fsp3) is 0.667. The first-order chi connectivity index (χ1) is 12.0. The number of amides is 1. The molecular weight excluding hydrogens is 320 g/mol. The Hall–Kier alpha value is -1.70. The van der Waals surface area contributed by atoms with Crippen molar-refractivity contribution in [2.24, 2.45) is 0 Å². The summed E-state index contributed by atoms with van der Waals surface area (Å²) in [5.74, 6) is 0.568. The van der Waals surface area contributed by atoms with Crippen molar-refractivity contribution in [1.29, 1.82) is 0 Å². The second-order valence-corrected chi connectivity index (χ2v) is 7.24. The number of carbonyl (C=O) groups excluding carboxylic acids is 1. The number of aromatic nitrogens is 1. The molecule has 2 saturated heterocycles. The van der Waals surface area contributed by atoms with Crippen molar-refractivity contribution in [2.45, 2.75) is 31.9 Å². The van der Waals surface area contributed by atoms with E-state index in [1.54, 1.807) is 13.0 Å². The Morgan fingerprint density at radius 1 is 1.28 bits per heavy atom. The van der Waals surface area contributed by atoms with Gasteiger partial charge in [-0.2, -0.15) is 0 Å². The van der Waals surface area contributed by atoms with Crippen LogP contribution in [0.5, 0.6) is 0 Å². The molecule has 7 nitrogen and oxygen atoms in total. The summed E-state index contributed by atoms with van der Waals surface area (Å²) in [5.41, 5.74) is -0.437.